The largest absolute Gasteiger partial charge is 0.309 e. The Hall–Kier alpha value is -7.94. The van der Waals surface area contributed by atoms with E-state index in [2.05, 4.69) is 240 Å². The minimum absolute atomic E-state index is 0.460. The van der Waals surface area contributed by atoms with Crippen molar-refractivity contribution in [1.29, 1.82) is 0 Å². The molecule has 2 heteroatoms. The van der Waals surface area contributed by atoms with E-state index in [1.807, 2.05) is 0 Å². The van der Waals surface area contributed by atoms with Crippen molar-refractivity contribution in [1.82, 2.24) is 4.57 Å². The Balaban J connectivity index is 1.13. The molecule has 2 aliphatic carbocycles. The lowest BCUT2D eigenvalue weighted by molar-refractivity contribution is 0.793. The summed E-state index contributed by atoms with van der Waals surface area (Å²) in [5.74, 6) is 0. The van der Waals surface area contributed by atoms with Gasteiger partial charge in [0.05, 0.1) is 27.8 Å². The molecule has 1 aromatic heterocycles. The lowest BCUT2D eigenvalue weighted by Crippen LogP contribution is -2.26. The number of rotatable bonds is 5. The summed E-state index contributed by atoms with van der Waals surface area (Å²) in [6.45, 7) is 0. The third-order valence-corrected chi connectivity index (χ3v) is 13.4. The van der Waals surface area contributed by atoms with Gasteiger partial charge >= 0.3 is 0 Å². The Kier molecular flexibility index (Phi) is 7.26. The van der Waals surface area contributed by atoms with Gasteiger partial charge < -0.3 is 9.47 Å². The molecular formula is C59H38N2. The van der Waals surface area contributed by atoms with Gasteiger partial charge in [-0.1, -0.05) is 182 Å². The monoisotopic (exact) mass is 774 g/mol. The van der Waals surface area contributed by atoms with Crippen LogP contribution in [0.2, 0.25) is 0 Å². The highest BCUT2D eigenvalue weighted by Gasteiger charge is 2.51. The van der Waals surface area contributed by atoms with Crippen LogP contribution >= 0.6 is 0 Å². The third-order valence-electron chi connectivity index (χ3n) is 13.4. The Labute approximate surface area is 354 Å². The third kappa shape index (κ3) is 4.73. The Morgan fingerprint density at radius 2 is 0.902 bits per heavy atom. The Morgan fingerprint density at radius 1 is 0.344 bits per heavy atom. The normalized spacial score (nSPS) is 13.0. The van der Waals surface area contributed by atoms with Crippen LogP contribution in [-0.2, 0) is 5.41 Å². The molecule has 0 bridgehead atoms. The fourth-order valence-corrected chi connectivity index (χ4v) is 10.9. The first kappa shape index (κ1) is 34.0. The summed E-state index contributed by atoms with van der Waals surface area (Å²) in [5, 5.41) is 4.89. The minimum atomic E-state index is -0.460. The zero-order chi connectivity index (χ0) is 40.1. The van der Waals surface area contributed by atoms with E-state index in [1.54, 1.807) is 0 Å². The zero-order valence-electron chi connectivity index (χ0n) is 33.3. The summed E-state index contributed by atoms with van der Waals surface area (Å²) in [5.41, 5.74) is 19.3. The fourth-order valence-electron chi connectivity index (χ4n) is 10.9. The van der Waals surface area contributed by atoms with Gasteiger partial charge in [-0.25, -0.2) is 0 Å². The maximum absolute atomic E-state index is 2.53. The first-order valence-electron chi connectivity index (χ1n) is 21.2. The Morgan fingerprint density at radius 3 is 1.64 bits per heavy atom. The average molecular weight is 775 g/mol. The van der Waals surface area contributed by atoms with Crippen LogP contribution in [0.15, 0.2) is 231 Å². The van der Waals surface area contributed by atoms with E-state index in [0.29, 0.717) is 0 Å². The number of para-hydroxylation sites is 2. The van der Waals surface area contributed by atoms with Crippen molar-refractivity contribution in [2.45, 2.75) is 5.41 Å². The number of aromatic nitrogens is 1. The summed E-state index contributed by atoms with van der Waals surface area (Å²) in [4.78, 5) is 2.53. The first-order valence-corrected chi connectivity index (χ1v) is 21.2. The van der Waals surface area contributed by atoms with Gasteiger partial charge in [-0.15, -0.1) is 0 Å². The van der Waals surface area contributed by atoms with Crippen molar-refractivity contribution in [2.24, 2.45) is 0 Å². The van der Waals surface area contributed by atoms with Gasteiger partial charge in [-0.05, 0) is 109 Å². The van der Waals surface area contributed by atoms with Crippen molar-refractivity contribution in [2.75, 3.05) is 4.90 Å². The van der Waals surface area contributed by atoms with Gasteiger partial charge in [0.25, 0.3) is 0 Å². The molecule has 0 radical (unpaired) electrons. The average Bonchev–Trinajstić information content (AvgIpc) is 3.94. The van der Waals surface area contributed by atoms with Crippen LogP contribution in [0.3, 0.4) is 0 Å². The fraction of sp³-hybridized carbons (Fsp3) is 0.0169. The van der Waals surface area contributed by atoms with E-state index in [1.165, 1.54) is 88.2 Å². The molecule has 0 amide bonds. The molecule has 1 heterocycles. The van der Waals surface area contributed by atoms with Crippen LogP contribution in [0.4, 0.5) is 17.1 Å². The molecular weight excluding hydrogens is 737 g/mol. The number of fused-ring (bicyclic) bond motifs is 14. The minimum Gasteiger partial charge on any atom is -0.309 e. The number of nitrogens with zero attached hydrogens (tertiary/aromatic N) is 2. The lowest BCUT2D eigenvalue weighted by Gasteiger charge is -2.33. The molecule has 10 aromatic carbocycles. The quantitative estimate of drug-likeness (QED) is 0.169. The highest BCUT2D eigenvalue weighted by atomic mass is 15.2. The highest BCUT2D eigenvalue weighted by Crippen LogP contribution is 2.63. The molecule has 0 saturated carbocycles. The van der Waals surface area contributed by atoms with Crippen molar-refractivity contribution < 1.29 is 0 Å². The maximum Gasteiger partial charge on any atom is 0.0726 e. The predicted molar refractivity (Wildman–Crippen MR) is 255 cm³/mol. The molecule has 0 unspecified atom stereocenters. The van der Waals surface area contributed by atoms with E-state index < -0.39 is 5.41 Å². The summed E-state index contributed by atoms with van der Waals surface area (Å²) in [6, 6.07) is 85.4. The van der Waals surface area contributed by atoms with Crippen LogP contribution in [0, 0.1) is 0 Å². The van der Waals surface area contributed by atoms with Crippen LogP contribution in [-0.4, -0.2) is 4.57 Å². The molecule has 13 rings (SSSR count). The molecule has 0 saturated heterocycles. The summed E-state index contributed by atoms with van der Waals surface area (Å²) in [7, 11) is 0. The predicted octanol–water partition coefficient (Wildman–Crippen LogP) is 15.4. The molecule has 1 spiro atoms. The van der Waals surface area contributed by atoms with E-state index in [-0.39, 0.29) is 0 Å². The second-order valence-corrected chi connectivity index (χ2v) is 16.4. The molecule has 61 heavy (non-hydrogen) atoms. The first-order chi connectivity index (χ1) is 30.3. The lowest BCUT2D eigenvalue weighted by atomic mass is 9.70. The number of hydrogen-bond donors (Lipinski definition) is 0. The number of anilines is 3. The van der Waals surface area contributed by atoms with Gasteiger partial charge in [0.2, 0.25) is 0 Å². The van der Waals surface area contributed by atoms with Gasteiger partial charge in [0.15, 0.2) is 0 Å². The van der Waals surface area contributed by atoms with Gasteiger partial charge in [0, 0.05) is 27.7 Å². The molecule has 11 aromatic rings. The van der Waals surface area contributed by atoms with Crippen LogP contribution in [0.25, 0.3) is 71.6 Å². The molecule has 0 fully saturated rings. The molecule has 2 aliphatic rings. The molecule has 284 valence electrons. The van der Waals surface area contributed by atoms with Crippen molar-refractivity contribution in [3.8, 4) is 39.1 Å². The number of benzene rings is 10. The summed E-state index contributed by atoms with van der Waals surface area (Å²) in [6.07, 6.45) is 0. The van der Waals surface area contributed by atoms with E-state index >= 15 is 0 Å². The van der Waals surface area contributed by atoms with Gasteiger partial charge in [-0.3, -0.25) is 0 Å². The molecule has 0 atom stereocenters. The van der Waals surface area contributed by atoms with E-state index in [9.17, 15) is 0 Å². The van der Waals surface area contributed by atoms with Gasteiger partial charge in [-0.2, -0.15) is 0 Å². The second kappa shape index (κ2) is 13.0. The standard InChI is InChI=1S/C59H38N2/c1-2-18-40(19-3-1)44-21-9-14-29-54(44)61(57-32-16-31-56-58(57)49-25-10-15-30-55(49)60(56)42-34-33-39-17-4-5-20-41(39)37-42)43-35-36-48-47-24-8-13-28-52(47)59(53(48)38-43)50-26-11-6-22-45(50)46-23-7-12-27-51(46)59/h1-38H. The number of hydrogen-bond acceptors (Lipinski definition) is 1. The van der Waals surface area contributed by atoms with Crippen molar-refractivity contribution in [3.63, 3.8) is 0 Å². The summed E-state index contributed by atoms with van der Waals surface area (Å²) >= 11 is 0. The SMILES string of the molecule is c1ccc(-c2ccccc2N(c2ccc3c(c2)C2(c4ccccc4-c4ccccc42)c2ccccc2-3)c2cccc3c2c2ccccc2n3-c2ccc3ccccc3c2)cc1. The van der Waals surface area contributed by atoms with E-state index in [0.717, 1.165) is 22.7 Å². The smallest absolute Gasteiger partial charge is 0.0726 e. The topological polar surface area (TPSA) is 8.17 Å². The summed E-state index contributed by atoms with van der Waals surface area (Å²) < 4.78 is 2.45. The molecule has 2 nitrogen and oxygen atoms in total. The molecule has 0 aliphatic heterocycles. The van der Waals surface area contributed by atoms with Crippen LogP contribution < -0.4 is 4.90 Å². The zero-order valence-corrected chi connectivity index (χ0v) is 33.3. The van der Waals surface area contributed by atoms with Gasteiger partial charge in [0.1, 0.15) is 0 Å². The van der Waals surface area contributed by atoms with Crippen LogP contribution in [0.5, 0.6) is 0 Å². The van der Waals surface area contributed by atoms with E-state index in [4.69, 9.17) is 0 Å². The molecule has 0 N–H and O–H groups in total. The van der Waals surface area contributed by atoms with Crippen LogP contribution in [0.1, 0.15) is 22.3 Å². The highest BCUT2D eigenvalue weighted by molar-refractivity contribution is 6.17. The Bertz CT molecular complexity index is 3490. The maximum atomic E-state index is 2.53. The van der Waals surface area contributed by atoms with Crippen molar-refractivity contribution >= 4 is 49.6 Å². The van der Waals surface area contributed by atoms with Crippen molar-refractivity contribution in [3.05, 3.63) is 253 Å². The second-order valence-electron chi connectivity index (χ2n) is 16.4.